The van der Waals surface area contributed by atoms with E-state index >= 15 is 0 Å². The number of aromatic nitrogens is 15. The molecule has 5 aromatic carbocycles. The van der Waals surface area contributed by atoms with Crippen LogP contribution >= 0.6 is 23.2 Å². The van der Waals surface area contributed by atoms with E-state index in [2.05, 4.69) is 74.8 Å². The first-order valence-corrected chi connectivity index (χ1v) is 43.6. The molecule has 0 aliphatic rings. The number of nitrogens with one attached hydrogen (secondary N) is 1. The fraction of sp³-hybridized carbons (Fsp3) is 0.319. The number of sulfonamides is 5. The molecule has 3 unspecified atom stereocenters. The molecule has 0 spiro atoms. The SMILES string of the molecule is COc1nc(OC)nc(C(=O)c2cccc(Cl)c2N(C)S(=O)(=O)C(F)F)n1.COc1nc(OC)nc(C(=O)c2cccc(F)c2N(C)S(=O)(=O)C(F)F)n1.COc1nc(OC)nc(C(O)c2cccc(Cl)c2N(C)S(=O)(=O)C(F)F)n1.COc1nc(OC)nc(C(O)c2cccc(F)c2N(C)S(=O)(=O)C(F)F)n1.COc1nc(OC)nc(C(O)c2cccc(F)c2NS(=O)(=O)C(F)F)n1. The van der Waals surface area contributed by atoms with E-state index in [0.717, 1.165) is 75.7 Å². The molecule has 0 amide bonds. The zero-order chi connectivity index (χ0) is 101. The number of carbonyl (C=O) groups excluding carboxylic acids is 2. The summed E-state index contributed by atoms with van der Waals surface area (Å²) in [5, 5.41) is 31.2. The van der Waals surface area contributed by atoms with Crippen LogP contribution in [0.3, 0.4) is 0 Å². The summed E-state index contributed by atoms with van der Waals surface area (Å²) in [5.41, 5.74) is -5.05. The summed E-state index contributed by atoms with van der Waals surface area (Å²) in [6.45, 7) is 0. The number of nitrogens with zero attached hydrogens (tertiary/aromatic N) is 19. The molecular formula is C69H69Cl2F13N20O25S5. The lowest BCUT2D eigenvalue weighted by Gasteiger charge is -2.24. The summed E-state index contributed by atoms with van der Waals surface area (Å²) in [6.07, 6.45) is -5.23. The lowest BCUT2D eigenvalue weighted by Crippen LogP contribution is -2.33. The van der Waals surface area contributed by atoms with Crippen LogP contribution in [0.2, 0.25) is 10.0 Å². The van der Waals surface area contributed by atoms with Gasteiger partial charge in [0.05, 0.1) is 121 Å². The molecule has 10 aromatic rings. The van der Waals surface area contributed by atoms with E-state index in [1.54, 1.807) is 0 Å². The van der Waals surface area contributed by atoms with Crippen LogP contribution in [0.15, 0.2) is 91.0 Å². The van der Waals surface area contributed by atoms with Crippen LogP contribution in [0.1, 0.15) is 84.8 Å². The van der Waals surface area contributed by atoms with E-state index < -0.39 is 172 Å². The van der Waals surface area contributed by atoms with E-state index in [4.69, 9.17) is 70.6 Å². The van der Waals surface area contributed by atoms with Crippen molar-refractivity contribution in [2.75, 3.05) is 121 Å². The van der Waals surface area contributed by atoms with Gasteiger partial charge in [0.1, 0.15) is 35.8 Å². The van der Waals surface area contributed by atoms with Crippen LogP contribution < -0.4 is 69.3 Å². The van der Waals surface area contributed by atoms with Gasteiger partial charge in [-0.05, 0) is 42.5 Å². The molecule has 4 N–H and O–H groups in total. The Morgan fingerprint density at radius 2 is 0.545 bits per heavy atom. The molecule has 45 nitrogen and oxygen atoms in total. The van der Waals surface area contributed by atoms with Crippen molar-refractivity contribution in [3.05, 3.63) is 175 Å². The number of aliphatic hydroxyl groups excluding tert-OH is 3. The maximum absolute atomic E-state index is 14.3. The van der Waals surface area contributed by atoms with E-state index in [0.29, 0.717) is 11.4 Å². The van der Waals surface area contributed by atoms with E-state index in [-0.39, 0.29) is 123 Å². The minimum absolute atomic E-state index is 0.00408. The fourth-order valence-corrected chi connectivity index (χ4v) is 14.2. The molecule has 5 heterocycles. The quantitative estimate of drug-likeness (QED) is 0.0234. The van der Waals surface area contributed by atoms with Crippen molar-refractivity contribution < 1.29 is 171 Å². The molecule has 3 atom stereocenters. The van der Waals surface area contributed by atoms with Gasteiger partial charge in [-0.3, -0.25) is 31.5 Å². The van der Waals surface area contributed by atoms with Gasteiger partial charge in [0.15, 0.2) is 17.5 Å². The molecule has 0 saturated heterocycles. The van der Waals surface area contributed by atoms with Crippen molar-refractivity contribution in [2.24, 2.45) is 0 Å². The van der Waals surface area contributed by atoms with Gasteiger partial charge >= 0.3 is 88.9 Å². The third-order valence-corrected chi connectivity index (χ3v) is 23.7. The van der Waals surface area contributed by atoms with Crippen LogP contribution in [0.4, 0.5) is 85.5 Å². The Bertz CT molecular complexity index is 6060. The Morgan fingerprint density at radius 1 is 0.313 bits per heavy atom. The number of aliphatic hydroxyl groups is 3. The number of para-hydroxylation sites is 5. The molecule has 0 saturated carbocycles. The van der Waals surface area contributed by atoms with E-state index in [1.165, 1.54) is 112 Å². The first kappa shape index (κ1) is 110. The summed E-state index contributed by atoms with van der Waals surface area (Å²) < 4.78 is 338. The molecule has 134 heavy (non-hydrogen) atoms. The van der Waals surface area contributed by atoms with Crippen LogP contribution in [0.5, 0.6) is 60.1 Å². The standard InChI is InChI=1S/C14H15ClF2N4O5S.C14H13ClF2N4O5S.C14H15F3N4O5S.C14H13F3N4O5S.C13H13F3N4O5S/c4*1-21(27(23,24)12(16)17)9-7(5-4-6-8(9)15)10(22)11-18-13(25-2)20-14(19-11)26-3;1-24-12-17-10(18-13(19-12)25-2)9(21)6-4-3-5-7(14)8(6)20-26(22,23)11(15)16/h4-6,10,12,22H,1-3H3;4-6,12H,1-3H3;4-6,10,12,22H,1-3H3;4-6,12H,1-3H3;3-5,9,11,20-21H,1-2H3. The minimum Gasteiger partial charge on any atom is -0.467 e. The molecular weight excluding hydrogens is 1990 g/mol. The predicted octanol–water partition coefficient (Wildman–Crippen LogP) is 6.79. The number of methoxy groups -OCH3 is 10. The molecule has 0 fully saturated rings. The summed E-state index contributed by atoms with van der Waals surface area (Å²) >= 11 is 12.0. The summed E-state index contributed by atoms with van der Waals surface area (Å²) in [6, 6.07) is 14.6. The third-order valence-electron chi connectivity index (χ3n) is 16.6. The van der Waals surface area contributed by atoms with Crippen molar-refractivity contribution in [3.63, 3.8) is 0 Å². The number of carbonyl (C=O) groups is 2. The van der Waals surface area contributed by atoms with Crippen molar-refractivity contribution in [1.29, 1.82) is 0 Å². The highest BCUT2D eigenvalue weighted by Gasteiger charge is 2.40. The van der Waals surface area contributed by atoms with Crippen LogP contribution in [-0.2, 0) is 50.1 Å². The highest BCUT2D eigenvalue weighted by Crippen LogP contribution is 2.41. The molecule has 10 rings (SSSR count). The van der Waals surface area contributed by atoms with Gasteiger partial charge in [-0.2, -0.15) is 93.7 Å². The number of ketones is 2. The van der Waals surface area contributed by atoms with Crippen molar-refractivity contribution in [1.82, 2.24) is 74.8 Å². The smallest absolute Gasteiger partial charge is 0.355 e. The van der Waals surface area contributed by atoms with E-state index in [1.807, 2.05) is 0 Å². The number of hydrogen-bond donors (Lipinski definition) is 4. The Kier molecular flexibility index (Phi) is 38.4. The number of hydrogen-bond acceptors (Lipinski definition) is 40. The van der Waals surface area contributed by atoms with Gasteiger partial charge < -0.3 is 62.7 Å². The average Bonchev–Trinajstić information content (AvgIpc) is 0.783. The van der Waals surface area contributed by atoms with Gasteiger partial charge in [0, 0.05) is 44.9 Å². The Morgan fingerprint density at radius 3 is 0.858 bits per heavy atom. The fourth-order valence-electron chi connectivity index (χ4n) is 10.1. The van der Waals surface area contributed by atoms with Crippen LogP contribution in [0, 0.1) is 17.5 Å². The molecule has 65 heteroatoms. The normalized spacial score (nSPS) is 12.2. The number of alkyl halides is 10. The van der Waals surface area contributed by atoms with Crippen molar-refractivity contribution >= 4 is 113 Å². The highest BCUT2D eigenvalue weighted by molar-refractivity contribution is 7.94. The largest absolute Gasteiger partial charge is 0.467 e. The molecule has 5 aromatic heterocycles. The van der Waals surface area contributed by atoms with Gasteiger partial charge in [0.25, 0.3) is 50.1 Å². The number of halogens is 15. The second-order valence-electron chi connectivity index (χ2n) is 24.5. The second-order valence-corrected chi connectivity index (χ2v) is 34.7. The van der Waals surface area contributed by atoms with Crippen molar-refractivity contribution in [2.45, 2.75) is 47.1 Å². The second kappa shape index (κ2) is 46.9. The Hall–Kier alpha value is -13.2. The predicted molar refractivity (Wildman–Crippen MR) is 438 cm³/mol. The van der Waals surface area contributed by atoms with Crippen LogP contribution in [-0.4, -0.2) is 272 Å². The maximum atomic E-state index is 14.3. The summed E-state index contributed by atoms with van der Waals surface area (Å²) in [4.78, 5) is 81.9. The Balaban J connectivity index is 0.000000257. The monoisotopic (exact) mass is 2050 g/mol. The molecule has 0 radical (unpaired) electrons. The zero-order valence-corrected chi connectivity index (χ0v) is 75.9. The number of anilines is 5. The molecule has 0 bridgehead atoms. The number of ether oxygens (including phenoxy) is 10. The zero-order valence-electron chi connectivity index (χ0n) is 70.3. The van der Waals surface area contributed by atoms with Gasteiger partial charge in [-0.15, -0.1) is 24.9 Å². The average molecular weight is 2060 g/mol. The first-order valence-electron chi connectivity index (χ1n) is 35.3. The Labute approximate surface area is 759 Å². The number of benzene rings is 5. The summed E-state index contributed by atoms with van der Waals surface area (Å²) in [5.74, 6) is -26.3. The molecule has 0 aliphatic carbocycles. The maximum Gasteiger partial charge on any atom is 0.355 e. The van der Waals surface area contributed by atoms with Crippen molar-refractivity contribution in [3.8, 4) is 60.1 Å². The number of rotatable bonds is 35. The van der Waals surface area contributed by atoms with Gasteiger partial charge in [-0.25, -0.2) is 55.3 Å². The topological polar surface area (TPSA) is 576 Å². The summed E-state index contributed by atoms with van der Waals surface area (Å²) in [7, 11) is -10.0. The molecule has 730 valence electrons. The molecule has 0 aliphatic heterocycles. The highest BCUT2D eigenvalue weighted by atomic mass is 35.5. The van der Waals surface area contributed by atoms with E-state index in [9.17, 15) is 124 Å². The van der Waals surface area contributed by atoms with Gasteiger partial charge in [0.2, 0.25) is 23.2 Å². The van der Waals surface area contributed by atoms with Gasteiger partial charge in [-0.1, -0.05) is 71.7 Å². The lowest BCUT2D eigenvalue weighted by molar-refractivity contribution is 0.101. The first-order chi connectivity index (χ1) is 62.7. The minimum atomic E-state index is -5.21. The lowest BCUT2D eigenvalue weighted by atomic mass is 10.1. The van der Waals surface area contributed by atoms with Crippen LogP contribution in [0.25, 0.3) is 0 Å². The third kappa shape index (κ3) is 26.0.